The van der Waals surface area contributed by atoms with Crippen molar-refractivity contribution in [1.82, 2.24) is 4.57 Å². The van der Waals surface area contributed by atoms with Gasteiger partial charge in [0.25, 0.3) is 5.56 Å². The number of aryl methyl sites for hydroxylation is 2. The van der Waals surface area contributed by atoms with Crippen molar-refractivity contribution in [1.29, 1.82) is 5.26 Å². The van der Waals surface area contributed by atoms with Crippen molar-refractivity contribution in [2.75, 3.05) is 0 Å². The first-order valence-corrected chi connectivity index (χ1v) is 5.54. The molecule has 0 fully saturated rings. The number of pyridine rings is 1. The Balaban J connectivity index is 2.84. The van der Waals surface area contributed by atoms with Crippen LogP contribution < -0.4 is 5.56 Å². The zero-order valence-corrected chi connectivity index (χ0v) is 10.4. The Morgan fingerprint density at radius 3 is 2.47 bits per heavy atom. The molecule has 19 heavy (non-hydrogen) atoms. The van der Waals surface area contributed by atoms with E-state index in [0.29, 0.717) is 17.3 Å². The van der Waals surface area contributed by atoms with Crippen molar-refractivity contribution in [2.45, 2.75) is 13.8 Å². The van der Waals surface area contributed by atoms with Crippen LogP contribution in [0.5, 0.6) is 0 Å². The van der Waals surface area contributed by atoms with Crippen molar-refractivity contribution in [3.8, 4) is 11.8 Å². The monoisotopic (exact) mass is 260 g/mol. The Kier molecular flexibility index (Phi) is 3.17. The highest BCUT2D eigenvalue weighted by Crippen LogP contribution is 2.16. The van der Waals surface area contributed by atoms with Crippen molar-refractivity contribution < 1.29 is 8.78 Å². The molecule has 3 nitrogen and oxygen atoms in total. The van der Waals surface area contributed by atoms with Gasteiger partial charge in [-0.15, -0.1) is 0 Å². The second-order valence-electron chi connectivity index (χ2n) is 4.19. The largest absolute Gasteiger partial charge is 0.277 e. The molecule has 0 atom stereocenters. The first kappa shape index (κ1) is 13.0. The molecule has 1 aromatic heterocycles. The summed E-state index contributed by atoms with van der Waals surface area (Å²) in [4.78, 5) is 12.2. The molecule has 96 valence electrons. The predicted octanol–water partition coefficient (Wildman–Crippen LogP) is 2.60. The van der Waals surface area contributed by atoms with Gasteiger partial charge in [0.15, 0.2) is 0 Å². The standard InChI is InChI=1S/C14H10F2N2O/c1-8-5-9(2)18(14(19)11(8)7-17)13-4-3-10(15)6-12(13)16/h3-6H,1-2H3. The third kappa shape index (κ3) is 2.13. The average molecular weight is 260 g/mol. The second kappa shape index (κ2) is 4.65. The van der Waals surface area contributed by atoms with Crippen LogP contribution in [0.2, 0.25) is 0 Å². The summed E-state index contributed by atoms with van der Waals surface area (Å²) in [6.07, 6.45) is 0. The zero-order valence-electron chi connectivity index (χ0n) is 10.4. The predicted molar refractivity (Wildman–Crippen MR) is 66.1 cm³/mol. The van der Waals surface area contributed by atoms with E-state index in [0.717, 1.165) is 10.6 Å². The molecular formula is C14H10F2N2O. The normalized spacial score (nSPS) is 10.3. The summed E-state index contributed by atoms with van der Waals surface area (Å²) in [6, 6.07) is 6.36. The third-order valence-electron chi connectivity index (χ3n) is 2.85. The maximum atomic E-state index is 13.7. The summed E-state index contributed by atoms with van der Waals surface area (Å²) in [6.45, 7) is 3.26. The molecular weight excluding hydrogens is 250 g/mol. The van der Waals surface area contributed by atoms with Gasteiger partial charge in [-0.25, -0.2) is 8.78 Å². The molecule has 0 amide bonds. The number of hydrogen-bond acceptors (Lipinski definition) is 2. The van der Waals surface area contributed by atoms with Gasteiger partial charge in [0, 0.05) is 11.8 Å². The zero-order chi connectivity index (χ0) is 14.2. The van der Waals surface area contributed by atoms with Gasteiger partial charge < -0.3 is 0 Å². The quantitative estimate of drug-likeness (QED) is 0.791. The van der Waals surface area contributed by atoms with E-state index in [9.17, 15) is 13.6 Å². The Morgan fingerprint density at radius 1 is 1.21 bits per heavy atom. The summed E-state index contributed by atoms with van der Waals surface area (Å²) in [5.74, 6) is -1.57. The van der Waals surface area contributed by atoms with Crippen LogP contribution in [0.4, 0.5) is 8.78 Å². The number of nitrogens with zero attached hydrogens (tertiary/aromatic N) is 2. The van der Waals surface area contributed by atoms with E-state index in [1.807, 2.05) is 0 Å². The lowest BCUT2D eigenvalue weighted by Gasteiger charge is -2.12. The van der Waals surface area contributed by atoms with Crippen LogP contribution in [-0.4, -0.2) is 4.57 Å². The van der Waals surface area contributed by atoms with Gasteiger partial charge in [0.1, 0.15) is 23.3 Å². The number of rotatable bonds is 1. The summed E-state index contributed by atoms with van der Waals surface area (Å²) in [5.41, 5.74) is 0.288. The van der Waals surface area contributed by atoms with Crippen molar-refractivity contribution in [3.63, 3.8) is 0 Å². The molecule has 5 heteroatoms. The van der Waals surface area contributed by atoms with Crippen LogP contribution in [0.3, 0.4) is 0 Å². The number of aromatic nitrogens is 1. The smallest absolute Gasteiger partial charge is 0.273 e. The first-order valence-electron chi connectivity index (χ1n) is 5.54. The van der Waals surface area contributed by atoms with Crippen LogP contribution in [0.25, 0.3) is 5.69 Å². The molecule has 2 rings (SSSR count). The van der Waals surface area contributed by atoms with Crippen LogP contribution in [0.1, 0.15) is 16.8 Å². The average Bonchev–Trinajstić information content (AvgIpc) is 2.31. The van der Waals surface area contributed by atoms with E-state index in [1.165, 1.54) is 6.07 Å². The molecule has 0 saturated carbocycles. The number of nitriles is 1. The van der Waals surface area contributed by atoms with E-state index in [4.69, 9.17) is 5.26 Å². The second-order valence-corrected chi connectivity index (χ2v) is 4.19. The number of benzene rings is 1. The minimum atomic E-state index is -0.849. The van der Waals surface area contributed by atoms with Gasteiger partial charge in [-0.1, -0.05) is 0 Å². The lowest BCUT2D eigenvalue weighted by atomic mass is 10.1. The molecule has 0 aliphatic carbocycles. The molecule has 0 saturated heterocycles. The summed E-state index contributed by atoms with van der Waals surface area (Å²) in [5, 5.41) is 8.96. The van der Waals surface area contributed by atoms with Gasteiger partial charge in [0.05, 0.1) is 5.69 Å². The van der Waals surface area contributed by atoms with Crippen molar-refractivity contribution in [2.24, 2.45) is 0 Å². The van der Waals surface area contributed by atoms with Gasteiger partial charge in [-0.2, -0.15) is 5.26 Å². The Labute approximate surface area is 108 Å². The molecule has 0 bridgehead atoms. The Bertz CT molecular complexity index is 757. The van der Waals surface area contributed by atoms with Crippen LogP contribution in [0.15, 0.2) is 29.1 Å². The van der Waals surface area contributed by atoms with Gasteiger partial charge in [-0.3, -0.25) is 9.36 Å². The highest BCUT2D eigenvalue weighted by atomic mass is 19.1. The molecule has 0 radical (unpaired) electrons. The summed E-state index contributed by atoms with van der Waals surface area (Å²) >= 11 is 0. The molecule has 0 aliphatic rings. The lowest BCUT2D eigenvalue weighted by Crippen LogP contribution is -2.25. The maximum absolute atomic E-state index is 13.7. The maximum Gasteiger partial charge on any atom is 0.273 e. The van der Waals surface area contributed by atoms with Crippen LogP contribution >= 0.6 is 0 Å². The fraction of sp³-hybridized carbons (Fsp3) is 0.143. The molecule has 0 unspecified atom stereocenters. The summed E-state index contributed by atoms with van der Waals surface area (Å²) in [7, 11) is 0. The molecule has 1 aromatic carbocycles. The van der Waals surface area contributed by atoms with E-state index < -0.39 is 17.2 Å². The van der Waals surface area contributed by atoms with Crippen LogP contribution in [-0.2, 0) is 0 Å². The SMILES string of the molecule is Cc1cc(C)n(-c2ccc(F)cc2F)c(=O)c1C#N. The molecule has 2 aromatic rings. The number of halogens is 2. The number of hydrogen-bond donors (Lipinski definition) is 0. The third-order valence-corrected chi connectivity index (χ3v) is 2.85. The minimum Gasteiger partial charge on any atom is -0.277 e. The topological polar surface area (TPSA) is 45.8 Å². The Morgan fingerprint density at radius 2 is 1.89 bits per heavy atom. The van der Waals surface area contributed by atoms with Crippen molar-refractivity contribution in [3.05, 3.63) is 63.1 Å². The van der Waals surface area contributed by atoms with E-state index in [2.05, 4.69) is 0 Å². The summed E-state index contributed by atoms with van der Waals surface area (Å²) < 4.78 is 27.7. The van der Waals surface area contributed by atoms with Crippen molar-refractivity contribution >= 4 is 0 Å². The fourth-order valence-corrected chi connectivity index (χ4v) is 1.99. The van der Waals surface area contributed by atoms with E-state index >= 15 is 0 Å². The fourth-order valence-electron chi connectivity index (χ4n) is 1.99. The van der Waals surface area contributed by atoms with E-state index in [-0.39, 0.29) is 11.3 Å². The molecule has 1 heterocycles. The highest BCUT2D eigenvalue weighted by Gasteiger charge is 2.14. The molecule has 0 N–H and O–H groups in total. The van der Waals surface area contributed by atoms with Crippen LogP contribution in [0, 0.1) is 36.8 Å². The van der Waals surface area contributed by atoms with E-state index in [1.54, 1.807) is 26.0 Å². The highest BCUT2D eigenvalue weighted by molar-refractivity contribution is 5.43. The van der Waals surface area contributed by atoms with Gasteiger partial charge in [-0.05, 0) is 37.6 Å². The molecule has 0 aliphatic heterocycles. The van der Waals surface area contributed by atoms with Gasteiger partial charge >= 0.3 is 0 Å². The molecule has 0 spiro atoms. The first-order chi connectivity index (χ1) is 8.95. The minimum absolute atomic E-state index is 0.0469. The van der Waals surface area contributed by atoms with Gasteiger partial charge in [0.2, 0.25) is 0 Å². The lowest BCUT2D eigenvalue weighted by molar-refractivity contribution is 0.575. The Hall–Kier alpha value is -2.48.